The summed E-state index contributed by atoms with van der Waals surface area (Å²) in [5, 5.41) is 12.0. The smallest absolute Gasteiger partial charge is 0.326 e. The van der Waals surface area contributed by atoms with Gasteiger partial charge in [0.1, 0.15) is 11.9 Å². The van der Waals surface area contributed by atoms with Crippen molar-refractivity contribution in [1.82, 2.24) is 10.2 Å². The quantitative estimate of drug-likeness (QED) is 0.869. The number of hydrogen-bond acceptors (Lipinski definition) is 3. The van der Waals surface area contributed by atoms with Gasteiger partial charge in [-0.05, 0) is 37.0 Å². The Hall–Kier alpha value is -2.64. The molecule has 3 rings (SSSR count). The number of hydrogen-bond donors (Lipinski definition) is 2. The van der Waals surface area contributed by atoms with Crippen LogP contribution < -0.4 is 10.2 Å². The van der Waals surface area contributed by atoms with E-state index in [-0.39, 0.29) is 24.1 Å². The van der Waals surface area contributed by atoms with Gasteiger partial charge < -0.3 is 15.3 Å². The number of rotatable bonds is 3. The number of likely N-dealkylation sites (tertiary alicyclic amines) is 1. The van der Waals surface area contributed by atoms with Crippen molar-refractivity contribution in [3.05, 3.63) is 29.6 Å². The van der Waals surface area contributed by atoms with Gasteiger partial charge in [0.15, 0.2) is 0 Å². The van der Waals surface area contributed by atoms with E-state index < -0.39 is 23.7 Å². The molecule has 0 aliphatic carbocycles. The summed E-state index contributed by atoms with van der Waals surface area (Å²) in [4.78, 5) is 38.7. The fourth-order valence-corrected chi connectivity index (χ4v) is 3.34. The van der Waals surface area contributed by atoms with E-state index in [1.165, 1.54) is 21.9 Å². The zero-order chi connectivity index (χ0) is 18.1. The second-order valence-electron chi connectivity index (χ2n) is 6.53. The molecule has 0 aromatic heterocycles. The van der Waals surface area contributed by atoms with Crippen LogP contribution in [0.4, 0.5) is 14.9 Å². The SMILES string of the molecule is CC1CCN(C(=O)c2cc(N3CCNC3=O)ccc2F)C(C(=O)O)C1. The molecule has 25 heavy (non-hydrogen) atoms. The Kier molecular flexibility index (Phi) is 4.61. The van der Waals surface area contributed by atoms with Crippen molar-refractivity contribution in [3.63, 3.8) is 0 Å². The Balaban J connectivity index is 1.90. The summed E-state index contributed by atoms with van der Waals surface area (Å²) in [7, 11) is 0. The Bertz CT molecular complexity index is 724. The normalized spacial score (nSPS) is 23.5. The van der Waals surface area contributed by atoms with E-state index in [4.69, 9.17) is 0 Å². The predicted octanol–water partition coefficient (Wildman–Crippen LogP) is 1.68. The average molecular weight is 349 g/mol. The third-order valence-corrected chi connectivity index (χ3v) is 4.76. The van der Waals surface area contributed by atoms with E-state index in [9.17, 15) is 23.9 Å². The van der Waals surface area contributed by atoms with Crippen LogP contribution in [0.15, 0.2) is 18.2 Å². The molecular formula is C17H20FN3O4. The zero-order valence-corrected chi connectivity index (χ0v) is 13.9. The van der Waals surface area contributed by atoms with Crippen molar-refractivity contribution in [2.45, 2.75) is 25.8 Å². The number of nitrogens with zero attached hydrogens (tertiary/aromatic N) is 2. The number of amides is 3. The molecule has 1 aromatic carbocycles. The van der Waals surface area contributed by atoms with Crippen LogP contribution in [0.2, 0.25) is 0 Å². The summed E-state index contributed by atoms with van der Waals surface area (Å²) in [6.07, 6.45) is 1.02. The number of nitrogens with one attached hydrogen (secondary N) is 1. The molecule has 2 atom stereocenters. The van der Waals surface area contributed by atoms with Gasteiger partial charge in [-0.15, -0.1) is 0 Å². The standard InChI is InChI=1S/C17H20FN3O4/c1-10-4-6-21(14(8-10)16(23)24)15(22)12-9-11(2-3-13(12)18)20-7-5-19-17(20)25/h2-3,9-10,14H,4-8H2,1H3,(H,19,25)(H,23,24). The summed E-state index contributed by atoms with van der Waals surface area (Å²) in [5.41, 5.74) is 0.204. The maximum Gasteiger partial charge on any atom is 0.326 e. The molecular weight excluding hydrogens is 329 g/mol. The highest BCUT2D eigenvalue weighted by atomic mass is 19.1. The van der Waals surface area contributed by atoms with Gasteiger partial charge in [-0.25, -0.2) is 14.0 Å². The number of benzene rings is 1. The summed E-state index contributed by atoms with van der Waals surface area (Å²) in [5.74, 6) is -2.28. The highest BCUT2D eigenvalue weighted by molar-refractivity contribution is 6.00. The predicted molar refractivity (Wildman–Crippen MR) is 88.0 cm³/mol. The topological polar surface area (TPSA) is 90.0 Å². The molecule has 2 unspecified atom stereocenters. The number of urea groups is 1. The molecule has 134 valence electrons. The number of carboxylic acids is 1. The largest absolute Gasteiger partial charge is 0.480 e. The van der Waals surface area contributed by atoms with Crippen LogP contribution in [0.3, 0.4) is 0 Å². The molecule has 0 radical (unpaired) electrons. The third kappa shape index (κ3) is 3.29. The van der Waals surface area contributed by atoms with Gasteiger partial charge in [-0.2, -0.15) is 0 Å². The number of piperidine rings is 1. The number of carbonyl (C=O) groups excluding carboxylic acids is 2. The first-order valence-electron chi connectivity index (χ1n) is 8.27. The zero-order valence-electron chi connectivity index (χ0n) is 13.9. The maximum absolute atomic E-state index is 14.2. The molecule has 2 saturated heterocycles. The summed E-state index contributed by atoms with van der Waals surface area (Å²) in [6.45, 7) is 3.11. The van der Waals surface area contributed by atoms with E-state index in [0.717, 1.165) is 6.07 Å². The number of halogens is 1. The second kappa shape index (κ2) is 6.70. The fraction of sp³-hybridized carbons (Fsp3) is 0.471. The monoisotopic (exact) mass is 349 g/mol. The van der Waals surface area contributed by atoms with Crippen molar-refractivity contribution in [1.29, 1.82) is 0 Å². The van der Waals surface area contributed by atoms with Gasteiger partial charge in [0, 0.05) is 25.3 Å². The van der Waals surface area contributed by atoms with Gasteiger partial charge in [0.05, 0.1) is 5.56 Å². The van der Waals surface area contributed by atoms with Crippen LogP contribution in [0.1, 0.15) is 30.1 Å². The Morgan fingerprint density at radius 3 is 2.72 bits per heavy atom. The summed E-state index contributed by atoms with van der Waals surface area (Å²) < 4.78 is 14.2. The molecule has 0 spiro atoms. The number of carboxylic acid groups (broad SMARTS) is 1. The Morgan fingerprint density at radius 2 is 2.08 bits per heavy atom. The van der Waals surface area contributed by atoms with E-state index in [1.807, 2.05) is 6.92 Å². The van der Waals surface area contributed by atoms with Gasteiger partial charge in [-0.1, -0.05) is 6.92 Å². The minimum absolute atomic E-state index is 0.189. The van der Waals surface area contributed by atoms with Crippen LogP contribution in [0.25, 0.3) is 0 Å². The first kappa shape index (κ1) is 17.2. The fourth-order valence-electron chi connectivity index (χ4n) is 3.34. The molecule has 2 fully saturated rings. The molecule has 3 amide bonds. The molecule has 2 N–H and O–H groups in total. The third-order valence-electron chi connectivity index (χ3n) is 4.76. The van der Waals surface area contributed by atoms with E-state index in [2.05, 4.69) is 5.32 Å². The molecule has 2 aliphatic rings. The molecule has 2 heterocycles. The van der Waals surface area contributed by atoms with Crippen molar-refractivity contribution in [3.8, 4) is 0 Å². The summed E-state index contributed by atoms with van der Waals surface area (Å²) in [6, 6.07) is 2.62. The molecule has 2 aliphatic heterocycles. The van der Waals surface area contributed by atoms with Crippen molar-refractivity contribution < 1.29 is 23.9 Å². The minimum atomic E-state index is -1.09. The molecule has 7 nitrogen and oxygen atoms in total. The van der Waals surface area contributed by atoms with Gasteiger partial charge in [0.25, 0.3) is 5.91 Å². The first-order chi connectivity index (χ1) is 11.9. The summed E-state index contributed by atoms with van der Waals surface area (Å²) >= 11 is 0. The van der Waals surface area contributed by atoms with Crippen LogP contribution in [-0.2, 0) is 4.79 Å². The van der Waals surface area contributed by atoms with E-state index in [1.54, 1.807) is 0 Å². The number of carbonyl (C=O) groups is 3. The van der Waals surface area contributed by atoms with Crippen molar-refractivity contribution in [2.75, 3.05) is 24.5 Å². The van der Waals surface area contributed by atoms with Crippen LogP contribution in [0.5, 0.6) is 0 Å². The lowest BCUT2D eigenvalue weighted by molar-refractivity contribution is -0.144. The molecule has 0 saturated carbocycles. The Morgan fingerprint density at radius 1 is 1.32 bits per heavy atom. The lowest BCUT2D eigenvalue weighted by Crippen LogP contribution is -2.50. The van der Waals surface area contributed by atoms with Crippen LogP contribution >= 0.6 is 0 Å². The van der Waals surface area contributed by atoms with E-state index in [0.29, 0.717) is 31.6 Å². The first-order valence-corrected chi connectivity index (χ1v) is 8.27. The van der Waals surface area contributed by atoms with Gasteiger partial charge in [-0.3, -0.25) is 9.69 Å². The molecule has 8 heteroatoms. The van der Waals surface area contributed by atoms with E-state index >= 15 is 0 Å². The average Bonchev–Trinajstić information content (AvgIpc) is 3.00. The molecule has 1 aromatic rings. The Labute approximate surface area is 144 Å². The minimum Gasteiger partial charge on any atom is -0.480 e. The lowest BCUT2D eigenvalue weighted by Gasteiger charge is -2.36. The highest BCUT2D eigenvalue weighted by Crippen LogP contribution is 2.27. The van der Waals surface area contributed by atoms with Crippen molar-refractivity contribution >= 4 is 23.6 Å². The van der Waals surface area contributed by atoms with Crippen LogP contribution in [-0.4, -0.2) is 53.6 Å². The molecule has 0 bridgehead atoms. The number of anilines is 1. The number of aliphatic carboxylic acids is 1. The lowest BCUT2D eigenvalue weighted by atomic mass is 9.92. The maximum atomic E-state index is 14.2. The second-order valence-corrected chi connectivity index (χ2v) is 6.53. The van der Waals surface area contributed by atoms with Gasteiger partial charge in [0.2, 0.25) is 0 Å². The van der Waals surface area contributed by atoms with Crippen LogP contribution in [0, 0.1) is 11.7 Å². The van der Waals surface area contributed by atoms with Crippen molar-refractivity contribution in [2.24, 2.45) is 5.92 Å². The van der Waals surface area contributed by atoms with Gasteiger partial charge >= 0.3 is 12.0 Å². The highest BCUT2D eigenvalue weighted by Gasteiger charge is 2.36.